The molecule has 0 aromatic heterocycles. The smallest absolute Gasteiger partial charge is 0.0465 e. The highest BCUT2D eigenvalue weighted by molar-refractivity contribution is 5.88. The van der Waals surface area contributed by atoms with Crippen molar-refractivity contribution < 1.29 is 0 Å². The average molecular weight is 706 g/mol. The minimum atomic E-state index is -0.0914. The summed E-state index contributed by atoms with van der Waals surface area (Å²) in [5.41, 5.74) is 19.6. The van der Waals surface area contributed by atoms with Gasteiger partial charge in [0, 0.05) is 22.5 Å². The summed E-state index contributed by atoms with van der Waals surface area (Å²) in [5.74, 6) is 0. The summed E-state index contributed by atoms with van der Waals surface area (Å²) in [5, 5.41) is 0. The van der Waals surface area contributed by atoms with E-state index in [1.54, 1.807) is 0 Å². The molecule has 8 aromatic carbocycles. The fraction of sp³-hybridized carbons (Fsp3) is 0.0741. The number of nitrogens with zero attached hydrogens (tertiary/aromatic N) is 1. The number of aryl methyl sites for hydroxylation is 1. The van der Waals surface area contributed by atoms with Crippen molar-refractivity contribution in [1.82, 2.24) is 0 Å². The minimum absolute atomic E-state index is 0.0914. The maximum Gasteiger partial charge on any atom is 0.0465 e. The zero-order chi connectivity index (χ0) is 37.4. The van der Waals surface area contributed by atoms with Crippen LogP contribution in [0.2, 0.25) is 0 Å². The molecule has 8 aromatic rings. The summed E-state index contributed by atoms with van der Waals surface area (Å²) in [4.78, 5) is 2.40. The maximum absolute atomic E-state index is 2.41. The van der Waals surface area contributed by atoms with Crippen LogP contribution in [0.4, 0.5) is 17.1 Å². The summed E-state index contributed by atoms with van der Waals surface area (Å²) in [6.07, 6.45) is 4.44. The van der Waals surface area contributed by atoms with Gasteiger partial charge in [-0.2, -0.15) is 0 Å². The molecule has 0 spiro atoms. The molecule has 0 amide bonds. The normalized spacial score (nSPS) is 12.7. The Labute approximate surface area is 325 Å². The van der Waals surface area contributed by atoms with Gasteiger partial charge in [0.1, 0.15) is 0 Å². The van der Waals surface area contributed by atoms with Crippen LogP contribution in [0.3, 0.4) is 0 Å². The second-order valence-electron chi connectivity index (χ2n) is 15.1. The molecule has 1 nitrogen and oxygen atoms in total. The Hall–Kier alpha value is -6.70. The first-order valence-corrected chi connectivity index (χ1v) is 19.2. The molecule has 1 heteroatoms. The lowest BCUT2D eigenvalue weighted by molar-refractivity contribution is 0.660. The SMILES string of the molecule is Cc1ccccc1-c1cc(-c2ccc(N(c3ccc(-c4ccccc4)cc3)c3ccc4c(c3)C(C)(C)c3ccccc3-4)cc2)ccc1/C=C\c1ccccc1. The van der Waals surface area contributed by atoms with E-state index < -0.39 is 0 Å². The van der Waals surface area contributed by atoms with Crippen LogP contribution in [0.25, 0.3) is 56.7 Å². The van der Waals surface area contributed by atoms with Gasteiger partial charge in [0.2, 0.25) is 0 Å². The highest BCUT2D eigenvalue weighted by Crippen LogP contribution is 2.50. The first kappa shape index (κ1) is 34.1. The lowest BCUT2D eigenvalue weighted by Gasteiger charge is -2.28. The number of hydrogen-bond donors (Lipinski definition) is 0. The summed E-state index contributed by atoms with van der Waals surface area (Å²) < 4.78 is 0. The predicted molar refractivity (Wildman–Crippen MR) is 235 cm³/mol. The van der Waals surface area contributed by atoms with Crippen molar-refractivity contribution in [2.75, 3.05) is 4.90 Å². The summed E-state index contributed by atoms with van der Waals surface area (Å²) in [6, 6.07) is 70.6. The van der Waals surface area contributed by atoms with Crippen molar-refractivity contribution in [3.8, 4) is 44.5 Å². The Bertz CT molecular complexity index is 2650. The van der Waals surface area contributed by atoms with Gasteiger partial charge in [-0.3, -0.25) is 0 Å². The molecule has 55 heavy (non-hydrogen) atoms. The second-order valence-corrected chi connectivity index (χ2v) is 15.1. The van der Waals surface area contributed by atoms with E-state index in [1.165, 1.54) is 72.3 Å². The lowest BCUT2D eigenvalue weighted by Crippen LogP contribution is -2.16. The van der Waals surface area contributed by atoms with Gasteiger partial charge in [0.25, 0.3) is 0 Å². The lowest BCUT2D eigenvalue weighted by atomic mass is 9.82. The Kier molecular flexibility index (Phi) is 8.84. The maximum atomic E-state index is 2.41. The number of anilines is 3. The molecule has 0 atom stereocenters. The number of hydrogen-bond acceptors (Lipinski definition) is 1. The van der Waals surface area contributed by atoms with Gasteiger partial charge < -0.3 is 4.90 Å². The first-order valence-electron chi connectivity index (χ1n) is 19.2. The van der Waals surface area contributed by atoms with Crippen molar-refractivity contribution in [2.24, 2.45) is 0 Å². The van der Waals surface area contributed by atoms with Crippen LogP contribution in [-0.4, -0.2) is 0 Å². The van der Waals surface area contributed by atoms with Gasteiger partial charge >= 0.3 is 0 Å². The Morgan fingerprint density at radius 3 is 1.60 bits per heavy atom. The molecule has 264 valence electrons. The van der Waals surface area contributed by atoms with E-state index in [9.17, 15) is 0 Å². The van der Waals surface area contributed by atoms with Crippen LogP contribution in [-0.2, 0) is 5.41 Å². The van der Waals surface area contributed by atoms with E-state index in [4.69, 9.17) is 0 Å². The largest absolute Gasteiger partial charge is 0.310 e. The van der Waals surface area contributed by atoms with Gasteiger partial charge in [-0.15, -0.1) is 0 Å². The highest BCUT2D eigenvalue weighted by atomic mass is 15.1. The molecule has 0 aliphatic heterocycles. The number of benzene rings is 8. The molecule has 0 N–H and O–H groups in total. The van der Waals surface area contributed by atoms with Crippen LogP contribution in [0, 0.1) is 6.92 Å². The van der Waals surface area contributed by atoms with Crippen LogP contribution in [0.5, 0.6) is 0 Å². The van der Waals surface area contributed by atoms with E-state index in [2.05, 4.69) is 232 Å². The van der Waals surface area contributed by atoms with E-state index >= 15 is 0 Å². The van der Waals surface area contributed by atoms with Crippen molar-refractivity contribution in [2.45, 2.75) is 26.2 Å². The number of fused-ring (bicyclic) bond motifs is 3. The fourth-order valence-electron chi connectivity index (χ4n) is 8.25. The molecule has 1 aliphatic rings. The van der Waals surface area contributed by atoms with Crippen LogP contribution in [0.1, 0.15) is 41.7 Å². The van der Waals surface area contributed by atoms with E-state index in [0.29, 0.717) is 0 Å². The molecule has 0 bridgehead atoms. The van der Waals surface area contributed by atoms with Gasteiger partial charge in [0.05, 0.1) is 0 Å². The van der Waals surface area contributed by atoms with Crippen molar-refractivity contribution in [1.29, 1.82) is 0 Å². The van der Waals surface area contributed by atoms with Gasteiger partial charge in [0.15, 0.2) is 0 Å². The van der Waals surface area contributed by atoms with Gasteiger partial charge in [-0.1, -0.05) is 178 Å². The second kappa shape index (κ2) is 14.3. The summed E-state index contributed by atoms with van der Waals surface area (Å²) >= 11 is 0. The molecule has 9 rings (SSSR count). The Morgan fingerprint density at radius 2 is 0.909 bits per heavy atom. The molecule has 0 saturated heterocycles. The monoisotopic (exact) mass is 705 g/mol. The molecule has 0 fully saturated rings. The standard InChI is InChI=1S/C54H43N/c1-38-14-10-11-19-48(38)51-36-44(25-24-43(51)23-22-39-15-6-4-7-16-39)42-28-32-46(33-29-42)55(45-30-26-41(27-31-45)40-17-8-5-9-18-40)47-34-35-50-49-20-12-13-21-52(49)54(2,3)53(50)37-47/h4-37H,1-3H3/b23-22-. The topological polar surface area (TPSA) is 3.24 Å². The Morgan fingerprint density at radius 1 is 0.382 bits per heavy atom. The minimum Gasteiger partial charge on any atom is -0.310 e. The molecule has 1 aliphatic carbocycles. The zero-order valence-corrected chi connectivity index (χ0v) is 31.6. The number of rotatable bonds is 8. The molecule has 0 radical (unpaired) electrons. The van der Waals surface area contributed by atoms with E-state index in [0.717, 1.165) is 17.1 Å². The van der Waals surface area contributed by atoms with Crippen molar-refractivity contribution in [3.63, 3.8) is 0 Å². The van der Waals surface area contributed by atoms with Crippen LogP contribution in [0.15, 0.2) is 194 Å². The highest BCUT2D eigenvalue weighted by Gasteiger charge is 2.35. The Balaban J connectivity index is 1.12. The third-order valence-electron chi connectivity index (χ3n) is 11.3. The third kappa shape index (κ3) is 6.49. The van der Waals surface area contributed by atoms with Crippen LogP contribution < -0.4 is 4.90 Å². The first-order chi connectivity index (χ1) is 26.9. The van der Waals surface area contributed by atoms with Gasteiger partial charge in [-0.25, -0.2) is 0 Å². The molecule has 0 unspecified atom stereocenters. The summed E-state index contributed by atoms with van der Waals surface area (Å²) in [6.45, 7) is 6.90. The molecule has 0 saturated carbocycles. The third-order valence-corrected chi connectivity index (χ3v) is 11.3. The van der Waals surface area contributed by atoms with E-state index in [-0.39, 0.29) is 5.41 Å². The molecule has 0 heterocycles. The molecular weight excluding hydrogens is 663 g/mol. The van der Waals surface area contributed by atoms with Crippen molar-refractivity contribution in [3.05, 3.63) is 222 Å². The predicted octanol–water partition coefficient (Wildman–Crippen LogP) is 14.9. The zero-order valence-electron chi connectivity index (χ0n) is 31.6. The average Bonchev–Trinajstić information content (AvgIpc) is 3.47. The molecular formula is C54H43N. The van der Waals surface area contributed by atoms with Crippen molar-refractivity contribution >= 4 is 29.2 Å². The quantitative estimate of drug-likeness (QED) is 0.142. The van der Waals surface area contributed by atoms with Crippen LogP contribution >= 0.6 is 0 Å². The van der Waals surface area contributed by atoms with Gasteiger partial charge in [-0.05, 0) is 122 Å². The van der Waals surface area contributed by atoms with E-state index in [1.807, 2.05) is 0 Å². The summed E-state index contributed by atoms with van der Waals surface area (Å²) in [7, 11) is 0. The fourth-order valence-corrected chi connectivity index (χ4v) is 8.25.